The molecule has 2 rings (SSSR count). The Bertz CT molecular complexity index is 581. The second-order valence-electron chi connectivity index (χ2n) is 6.71. The molecule has 23 heavy (non-hydrogen) atoms. The summed E-state index contributed by atoms with van der Waals surface area (Å²) >= 11 is 6.19. The van der Waals surface area contributed by atoms with Crippen molar-refractivity contribution in [3.8, 4) is 0 Å². The summed E-state index contributed by atoms with van der Waals surface area (Å²) in [6.45, 7) is 4.02. The average Bonchev–Trinajstić information content (AvgIpc) is 2.53. The summed E-state index contributed by atoms with van der Waals surface area (Å²) in [6.07, 6.45) is 4.62. The molecule has 0 spiro atoms. The van der Waals surface area contributed by atoms with E-state index in [2.05, 4.69) is 16.8 Å². The fourth-order valence-corrected chi connectivity index (χ4v) is 3.16. The Morgan fingerprint density at radius 3 is 2.57 bits per heavy atom. The maximum absolute atomic E-state index is 12.0. The van der Waals surface area contributed by atoms with E-state index >= 15 is 0 Å². The zero-order valence-electron chi connectivity index (χ0n) is 14.0. The Morgan fingerprint density at radius 2 is 2.04 bits per heavy atom. The molecule has 1 aromatic rings. The minimum Gasteiger partial charge on any atom is -0.357 e. The summed E-state index contributed by atoms with van der Waals surface area (Å²) in [7, 11) is 3.38. The lowest BCUT2D eigenvalue weighted by atomic mass is 9.77. The molecule has 1 aromatic heterocycles. The number of aldehydes is 1. The van der Waals surface area contributed by atoms with Gasteiger partial charge in [0.05, 0.1) is 5.56 Å². The third kappa shape index (κ3) is 4.22. The molecule has 0 radical (unpaired) electrons. The van der Waals surface area contributed by atoms with Gasteiger partial charge in [-0.1, -0.05) is 18.5 Å². The maximum Gasteiger partial charge on any atom is 0.256 e. The minimum atomic E-state index is -0.144. The van der Waals surface area contributed by atoms with Crippen molar-refractivity contribution in [3.63, 3.8) is 0 Å². The van der Waals surface area contributed by atoms with Crippen molar-refractivity contribution in [1.82, 2.24) is 9.88 Å². The van der Waals surface area contributed by atoms with Gasteiger partial charge in [-0.25, -0.2) is 4.98 Å². The van der Waals surface area contributed by atoms with E-state index in [4.69, 9.17) is 11.6 Å². The Kier molecular flexibility index (Phi) is 5.63. The maximum atomic E-state index is 12.0. The first-order valence-corrected chi connectivity index (χ1v) is 8.31. The van der Waals surface area contributed by atoms with E-state index in [1.54, 1.807) is 20.2 Å². The van der Waals surface area contributed by atoms with Gasteiger partial charge in [-0.15, -0.1) is 0 Å². The van der Waals surface area contributed by atoms with Crippen LogP contribution in [0, 0.1) is 5.41 Å². The molecule has 2 heterocycles. The van der Waals surface area contributed by atoms with Gasteiger partial charge < -0.3 is 14.6 Å². The highest BCUT2D eigenvalue weighted by Crippen LogP contribution is 2.36. The molecule has 126 valence electrons. The number of halogens is 1. The normalized spacial score (nSPS) is 17.0. The largest absolute Gasteiger partial charge is 0.357 e. The summed E-state index contributed by atoms with van der Waals surface area (Å²) in [5, 5.41) is 0.246. The predicted molar refractivity (Wildman–Crippen MR) is 92.1 cm³/mol. The molecule has 1 aliphatic heterocycles. The number of anilines is 1. The minimum absolute atomic E-state index is 0.144. The first-order valence-electron chi connectivity index (χ1n) is 7.93. The van der Waals surface area contributed by atoms with E-state index < -0.39 is 0 Å². The number of pyridine rings is 1. The van der Waals surface area contributed by atoms with Crippen molar-refractivity contribution in [2.24, 2.45) is 5.41 Å². The molecule has 0 aliphatic carbocycles. The number of carbonyl (C=O) groups excluding carboxylic acids is 2. The molecule has 1 fully saturated rings. The molecule has 1 saturated heterocycles. The van der Waals surface area contributed by atoms with Crippen LogP contribution in [-0.2, 0) is 4.79 Å². The lowest BCUT2D eigenvalue weighted by molar-refractivity contribution is -0.108. The molecule has 0 atom stereocenters. The lowest BCUT2D eigenvalue weighted by Gasteiger charge is -2.40. The Balaban J connectivity index is 2.05. The van der Waals surface area contributed by atoms with Crippen LogP contribution in [0.15, 0.2) is 12.1 Å². The lowest BCUT2D eigenvalue weighted by Crippen LogP contribution is -2.39. The summed E-state index contributed by atoms with van der Waals surface area (Å²) in [5.41, 5.74) is 0.649. The highest BCUT2D eigenvalue weighted by molar-refractivity contribution is 6.32. The second-order valence-corrected chi connectivity index (χ2v) is 7.07. The number of nitrogens with zero attached hydrogens (tertiary/aromatic N) is 3. The third-order valence-electron chi connectivity index (χ3n) is 4.63. The molecule has 1 aliphatic rings. The Hall–Kier alpha value is -1.62. The van der Waals surface area contributed by atoms with Gasteiger partial charge in [0.25, 0.3) is 5.91 Å². The molecule has 6 heteroatoms. The monoisotopic (exact) mass is 337 g/mol. The number of aromatic nitrogens is 1. The number of hydrogen-bond acceptors (Lipinski definition) is 4. The molecular weight excluding hydrogens is 314 g/mol. The summed E-state index contributed by atoms with van der Waals surface area (Å²) < 4.78 is 0. The quantitative estimate of drug-likeness (QED) is 0.612. The van der Waals surface area contributed by atoms with E-state index in [-0.39, 0.29) is 16.5 Å². The number of rotatable bonds is 5. The van der Waals surface area contributed by atoms with Crippen LogP contribution in [-0.4, -0.2) is 49.3 Å². The van der Waals surface area contributed by atoms with Crippen molar-refractivity contribution in [2.75, 3.05) is 32.1 Å². The molecular formula is C17H24ClN3O2. The smallest absolute Gasteiger partial charge is 0.256 e. The van der Waals surface area contributed by atoms with Crippen LogP contribution in [0.5, 0.6) is 0 Å². The first-order chi connectivity index (χ1) is 10.9. The van der Waals surface area contributed by atoms with E-state index in [0.29, 0.717) is 12.0 Å². The molecule has 0 saturated carbocycles. The number of carbonyl (C=O) groups is 2. The van der Waals surface area contributed by atoms with Gasteiger partial charge >= 0.3 is 0 Å². The van der Waals surface area contributed by atoms with Crippen molar-refractivity contribution >= 4 is 29.6 Å². The fraction of sp³-hybridized carbons (Fsp3) is 0.588. The molecule has 0 N–H and O–H groups in total. The number of piperidine rings is 1. The highest BCUT2D eigenvalue weighted by atomic mass is 35.5. The molecule has 0 bridgehead atoms. The zero-order valence-corrected chi connectivity index (χ0v) is 14.8. The van der Waals surface area contributed by atoms with Crippen LogP contribution in [0.25, 0.3) is 0 Å². The fourth-order valence-electron chi connectivity index (χ4n) is 2.93. The predicted octanol–water partition coefficient (Wildman–Crippen LogP) is 3.02. The van der Waals surface area contributed by atoms with Crippen molar-refractivity contribution < 1.29 is 9.59 Å². The van der Waals surface area contributed by atoms with E-state index in [9.17, 15) is 9.59 Å². The molecule has 0 aromatic carbocycles. The van der Waals surface area contributed by atoms with Crippen molar-refractivity contribution in [1.29, 1.82) is 0 Å². The van der Waals surface area contributed by atoms with Gasteiger partial charge in [0.2, 0.25) is 0 Å². The number of hydrogen-bond donors (Lipinski definition) is 0. The van der Waals surface area contributed by atoms with Crippen molar-refractivity contribution in [2.45, 2.75) is 32.6 Å². The van der Waals surface area contributed by atoms with Crippen LogP contribution in [0.4, 0.5) is 5.82 Å². The number of amides is 1. The van der Waals surface area contributed by atoms with Crippen LogP contribution >= 0.6 is 11.6 Å². The van der Waals surface area contributed by atoms with Crippen LogP contribution in [0.1, 0.15) is 43.0 Å². The van der Waals surface area contributed by atoms with Crippen LogP contribution in [0.2, 0.25) is 5.15 Å². The van der Waals surface area contributed by atoms with Gasteiger partial charge in [0.1, 0.15) is 17.3 Å². The topological polar surface area (TPSA) is 53.5 Å². The van der Waals surface area contributed by atoms with Gasteiger partial charge in [0.15, 0.2) is 0 Å². The van der Waals surface area contributed by atoms with Gasteiger partial charge in [-0.3, -0.25) is 4.79 Å². The summed E-state index contributed by atoms with van der Waals surface area (Å²) in [6, 6.07) is 3.60. The SMILES string of the molecule is CN(C)C(=O)c1ccc(N2CCC(C)(CCC=O)CC2)nc1Cl. The van der Waals surface area contributed by atoms with E-state index in [1.165, 1.54) is 4.90 Å². The third-order valence-corrected chi connectivity index (χ3v) is 4.92. The standard InChI is InChI=1S/C17H24ClN3O2/c1-17(7-4-12-22)8-10-21(11-9-17)14-6-5-13(15(18)19-14)16(23)20(2)3/h5-6,12H,4,7-11H2,1-3H3. The molecule has 1 amide bonds. The molecule has 5 nitrogen and oxygen atoms in total. The highest BCUT2D eigenvalue weighted by Gasteiger charge is 2.30. The van der Waals surface area contributed by atoms with E-state index in [1.807, 2.05) is 6.07 Å². The van der Waals surface area contributed by atoms with Crippen LogP contribution < -0.4 is 4.90 Å². The summed E-state index contributed by atoms with van der Waals surface area (Å²) in [4.78, 5) is 30.7. The van der Waals surface area contributed by atoms with Gasteiger partial charge in [-0.05, 0) is 36.8 Å². The Morgan fingerprint density at radius 1 is 1.39 bits per heavy atom. The van der Waals surface area contributed by atoms with E-state index in [0.717, 1.165) is 44.5 Å². The van der Waals surface area contributed by atoms with Crippen molar-refractivity contribution in [3.05, 3.63) is 22.8 Å². The Labute approximate surface area is 142 Å². The average molecular weight is 338 g/mol. The molecule has 0 unspecified atom stereocenters. The zero-order chi connectivity index (χ0) is 17.0. The van der Waals surface area contributed by atoms with Crippen LogP contribution in [0.3, 0.4) is 0 Å². The summed E-state index contributed by atoms with van der Waals surface area (Å²) in [5.74, 6) is 0.664. The first kappa shape index (κ1) is 17.7. The second kappa shape index (κ2) is 7.30. The van der Waals surface area contributed by atoms with Gasteiger partial charge in [-0.2, -0.15) is 0 Å². The van der Waals surface area contributed by atoms with Gasteiger partial charge in [0, 0.05) is 33.6 Å².